The van der Waals surface area contributed by atoms with Crippen molar-refractivity contribution in [1.82, 2.24) is 0 Å². The molecular formula is C15H12FNO4. The van der Waals surface area contributed by atoms with Crippen LogP contribution in [-0.2, 0) is 6.42 Å². The van der Waals surface area contributed by atoms with Crippen molar-refractivity contribution < 1.29 is 18.8 Å². The van der Waals surface area contributed by atoms with Gasteiger partial charge >= 0.3 is 0 Å². The van der Waals surface area contributed by atoms with Crippen molar-refractivity contribution in [1.29, 1.82) is 0 Å². The number of halogens is 1. The number of nitro groups is 1. The van der Waals surface area contributed by atoms with E-state index in [1.54, 1.807) is 24.3 Å². The minimum Gasteiger partial charge on any atom is -0.497 e. The van der Waals surface area contributed by atoms with Gasteiger partial charge in [-0.3, -0.25) is 14.9 Å². The highest BCUT2D eigenvalue weighted by Crippen LogP contribution is 2.19. The number of nitro benzene ring substituents is 1. The van der Waals surface area contributed by atoms with Crippen molar-refractivity contribution in [2.75, 3.05) is 7.11 Å². The van der Waals surface area contributed by atoms with Crippen molar-refractivity contribution in [3.8, 4) is 5.75 Å². The van der Waals surface area contributed by atoms with Crippen LogP contribution in [0.1, 0.15) is 15.9 Å². The normalized spacial score (nSPS) is 10.2. The number of carbonyl (C=O) groups is 1. The van der Waals surface area contributed by atoms with Gasteiger partial charge in [-0.25, -0.2) is 4.39 Å². The fourth-order valence-electron chi connectivity index (χ4n) is 1.87. The highest BCUT2D eigenvalue weighted by atomic mass is 19.1. The van der Waals surface area contributed by atoms with Crippen LogP contribution in [-0.4, -0.2) is 17.8 Å². The van der Waals surface area contributed by atoms with Crippen LogP contribution < -0.4 is 4.74 Å². The SMILES string of the molecule is COc1ccc(CC(=O)c2ccc([N+](=O)[O-])cc2F)cc1. The maximum Gasteiger partial charge on any atom is 0.272 e. The fourth-order valence-corrected chi connectivity index (χ4v) is 1.87. The smallest absolute Gasteiger partial charge is 0.272 e. The summed E-state index contributed by atoms with van der Waals surface area (Å²) in [6, 6.07) is 9.83. The van der Waals surface area contributed by atoms with E-state index in [2.05, 4.69) is 0 Å². The van der Waals surface area contributed by atoms with Crippen LogP contribution in [0.3, 0.4) is 0 Å². The Morgan fingerprint density at radius 3 is 2.43 bits per heavy atom. The van der Waals surface area contributed by atoms with Crippen LogP contribution in [0.15, 0.2) is 42.5 Å². The first kappa shape index (κ1) is 14.6. The molecule has 6 heteroatoms. The molecule has 0 N–H and O–H groups in total. The zero-order valence-electron chi connectivity index (χ0n) is 11.2. The first-order valence-electron chi connectivity index (χ1n) is 6.11. The molecule has 0 spiro atoms. The molecule has 0 saturated heterocycles. The first-order chi connectivity index (χ1) is 10.0. The summed E-state index contributed by atoms with van der Waals surface area (Å²) in [6.45, 7) is 0. The Morgan fingerprint density at radius 2 is 1.90 bits per heavy atom. The third kappa shape index (κ3) is 3.42. The lowest BCUT2D eigenvalue weighted by atomic mass is 10.0. The molecule has 0 aliphatic carbocycles. The summed E-state index contributed by atoms with van der Waals surface area (Å²) in [5.74, 6) is -0.664. The molecule has 0 radical (unpaired) electrons. The van der Waals surface area contributed by atoms with E-state index in [-0.39, 0.29) is 17.7 Å². The molecule has 0 amide bonds. The molecule has 0 aromatic heterocycles. The molecule has 5 nitrogen and oxygen atoms in total. The van der Waals surface area contributed by atoms with Gasteiger partial charge in [-0.15, -0.1) is 0 Å². The molecule has 0 aliphatic rings. The Morgan fingerprint density at radius 1 is 1.24 bits per heavy atom. The summed E-state index contributed by atoms with van der Waals surface area (Å²) in [4.78, 5) is 21.8. The molecule has 2 rings (SSSR count). The van der Waals surface area contributed by atoms with Gasteiger partial charge in [-0.1, -0.05) is 12.1 Å². The summed E-state index contributed by atoms with van der Waals surface area (Å²) >= 11 is 0. The van der Waals surface area contributed by atoms with Crippen molar-refractivity contribution in [3.05, 3.63) is 69.5 Å². The van der Waals surface area contributed by atoms with Crippen LogP contribution in [0.4, 0.5) is 10.1 Å². The number of benzene rings is 2. The van der Waals surface area contributed by atoms with E-state index in [1.807, 2.05) is 0 Å². The minimum absolute atomic E-state index is 0.0126. The maximum atomic E-state index is 13.7. The van der Waals surface area contributed by atoms with Gasteiger partial charge < -0.3 is 4.74 Å². The zero-order chi connectivity index (χ0) is 15.4. The van der Waals surface area contributed by atoms with Gasteiger partial charge in [-0.2, -0.15) is 0 Å². The third-order valence-electron chi connectivity index (χ3n) is 2.99. The van der Waals surface area contributed by atoms with E-state index in [0.717, 1.165) is 18.2 Å². The number of rotatable bonds is 5. The number of hydrogen-bond donors (Lipinski definition) is 0. The van der Waals surface area contributed by atoms with E-state index < -0.39 is 16.5 Å². The van der Waals surface area contributed by atoms with E-state index in [9.17, 15) is 19.3 Å². The second-order valence-electron chi connectivity index (χ2n) is 4.37. The second-order valence-corrected chi connectivity index (χ2v) is 4.37. The van der Waals surface area contributed by atoms with Crippen molar-refractivity contribution in [2.24, 2.45) is 0 Å². The van der Waals surface area contributed by atoms with Gasteiger partial charge in [0.15, 0.2) is 5.78 Å². The molecule has 0 fully saturated rings. The Balaban J connectivity index is 2.17. The Hall–Kier alpha value is -2.76. The second kappa shape index (κ2) is 6.13. The van der Waals surface area contributed by atoms with E-state index in [0.29, 0.717) is 11.3 Å². The van der Waals surface area contributed by atoms with Crippen molar-refractivity contribution >= 4 is 11.5 Å². The molecular weight excluding hydrogens is 277 g/mol. The number of methoxy groups -OCH3 is 1. The fraction of sp³-hybridized carbons (Fsp3) is 0.133. The van der Waals surface area contributed by atoms with Crippen molar-refractivity contribution in [2.45, 2.75) is 6.42 Å². The Kier molecular flexibility index (Phi) is 4.27. The first-order valence-corrected chi connectivity index (χ1v) is 6.11. The average Bonchev–Trinajstić information content (AvgIpc) is 2.47. The zero-order valence-corrected chi connectivity index (χ0v) is 11.2. The molecule has 0 bridgehead atoms. The summed E-state index contributed by atoms with van der Waals surface area (Å²) in [6.07, 6.45) is 0.0126. The van der Waals surface area contributed by atoms with Gasteiger partial charge in [-0.05, 0) is 23.8 Å². The molecule has 0 unspecified atom stereocenters. The van der Waals surface area contributed by atoms with Crippen LogP contribution in [0.5, 0.6) is 5.75 Å². The molecule has 2 aromatic carbocycles. The Bertz CT molecular complexity index is 683. The van der Waals surface area contributed by atoms with Gasteiger partial charge in [0, 0.05) is 12.5 Å². The number of ketones is 1. The lowest BCUT2D eigenvalue weighted by molar-refractivity contribution is -0.385. The summed E-state index contributed by atoms with van der Waals surface area (Å²) in [5, 5.41) is 10.5. The Labute approximate surface area is 120 Å². The minimum atomic E-state index is -0.886. The standard InChI is InChI=1S/C15H12FNO4/c1-21-12-5-2-10(3-6-12)8-15(18)13-7-4-11(17(19)20)9-14(13)16/h2-7,9H,8H2,1H3. The monoisotopic (exact) mass is 289 g/mol. The van der Waals surface area contributed by atoms with Crippen LogP contribution in [0.25, 0.3) is 0 Å². The van der Waals surface area contributed by atoms with Crippen LogP contribution in [0, 0.1) is 15.9 Å². The van der Waals surface area contributed by atoms with Crippen molar-refractivity contribution in [3.63, 3.8) is 0 Å². The molecule has 0 heterocycles. The van der Waals surface area contributed by atoms with Gasteiger partial charge in [0.2, 0.25) is 0 Å². The average molecular weight is 289 g/mol. The van der Waals surface area contributed by atoms with E-state index >= 15 is 0 Å². The number of ether oxygens (including phenoxy) is 1. The number of hydrogen-bond acceptors (Lipinski definition) is 4. The van der Waals surface area contributed by atoms with Crippen LogP contribution in [0.2, 0.25) is 0 Å². The van der Waals surface area contributed by atoms with Gasteiger partial charge in [0.25, 0.3) is 5.69 Å². The van der Waals surface area contributed by atoms with Crippen LogP contribution >= 0.6 is 0 Å². The third-order valence-corrected chi connectivity index (χ3v) is 2.99. The van der Waals surface area contributed by atoms with E-state index in [4.69, 9.17) is 4.74 Å². The maximum absolute atomic E-state index is 13.7. The quantitative estimate of drug-likeness (QED) is 0.481. The predicted octanol–water partition coefficient (Wildman–Crippen LogP) is 3.17. The van der Waals surface area contributed by atoms with Gasteiger partial charge in [0.1, 0.15) is 11.6 Å². The number of non-ortho nitro benzene ring substituents is 1. The molecule has 0 saturated carbocycles. The highest BCUT2D eigenvalue weighted by Gasteiger charge is 2.16. The summed E-state index contributed by atoms with van der Waals surface area (Å²) in [7, 11) is 1.53. The molecule has 21 heavy (non-hydrogen) atoms. The lowest BCUT2D eigenvalue weighted by Crippen LogP contribution is -2.06. The molecule has 0 aliphatic heterocycles. The van der Waals surface area contributed by atoms with Gasteiger partial charge in [0.05, 0.1) is 23.7 Å². The largest absolute Gasteiger partial charge is 0.497 e. The molecule has 0 atom stereocenters. The number of nitrogens with zero attached hydrogens (tertiary/aromatic N) is 1. The topological polar surface area (TPSA) is 69.4 Å². The van der Waals surface area contributed by atoms with E-state index in [1.165, 1.54) is 7.11 Å². The predicted molar refractivity (Wildman–Crippen MR) is 74.1 cm³/mol. The molecule has 108 valence electrons. The lowest BCUT2D eigenvalue weighted by Gasteiger charge is -2.04. The number of Topliss-reactive ketones (excluding diaryl/α,β-unsaturated/α-hetero) is 1. The summed E-state index contributed by atoms with van der Waals surface area (Å²) in [5.41, 5.74) is 0.170. The number of carbonyl (C=O) groups excluding carboxylic acids is 1. The molecule has 2 aromatic rings. The summed E-state index contributed by atoms with van der Waals surface area (Å²) < 4.78 is 18.7. The highest BCUT2D eigenvalue weighted by molar-refractivity contribution is 5.98.